The van der Waals surface area contributed by atoms with Gasteiger partial charge in [0.15, 0.2) is 17.2 Å². The number of thiazole rings is 1. The summed E-state index contributed by atoms with van der Waals surface area (Å²) >= 11 is 1.41. The van der Waals surface area contributed by atoms with E-state index in [1.807, 2.05) is 17.5 Å². The van der Waals surface area contributed by atoms with Gasteiger partial charge in [0.25, 0.3) is 5.56 Å². The molecule has 2 aromatic heterocycles. The van der Waals surface area contributed by atoms with Gasteiger partial charge in [-0.15, -0.1) is 11.3 Å². The van der Waals surface area contributed by atoms with E-state index in [9.17, 15) is 14.7 Å². The van der Waals surface area contributed by atoms with E-state index in [2.05, 4.69) is 10.1 Å². The molecule has 0 bridgehead atoms. The summed E-state index contributed by atoms with van der Waals surface area (Å²) in [5.41, 5.74) is 0.914. The highest BCUT2D eigenvalue weighted by Gasteiger charge is 2.17. The molecule has 0 spiro atoms. The number of nitrogens with zero attached hydrogens (tertiary/aromatic N) is 3. The summed E-state index contributed by atoms with van der Waals surface area (Å²) in [6.45, 7) is 0.0632. The predicted molar refractivity (Wildman–Crippen MR) is 113 cm³/mol. The third-order valence-electron chi connectivity index (χ3n) is 4.56. The second-order valence-electron chi connectivity index (χ2n) is 6.38. The van der Waals surface area contributed by atoms with Crippen molar-refractivity contribution in [2.45, 2.75) is 6.54 Å². The monoisotopic (exact) mass is 423 g/mol. The molecule has 0 aliphatic carbocycles. The number of carboxylic acid groups (broad SMARTS) is 1. The standard InChI is InChI=1S/C21H17N3O5S/c1-28-16-8-7-12(9-17(16)29-2)19-22-13(11-30-19)10-24-20(25)15-6-4-3-5-14(15)18(23-24)21(26)27/h3-9,11H,10H2,1-2H3,(H,26,27). The highest BCUT2D eigenvalue weighted by Crippen LogP contribution is 2.33. The van der Waals surface area contributed by atoms with Crippen molar-refractivity contribution < 1.29 is 19.4 Å². The highest BCUT2D eigenvalue weighted by molar-refractivity contribution is 7.13. The lowest BCUT2D eigenvalue weighted by atomic mass is 10.1. The Hall–Kier alpha value is -3.72. The number of rotatable bonds is 6. The van der Waals surface area contributed by atoms with Crippen molar-refractivity contribution in [2.75, 3.05) is 14.2 Å². The second-order valence-corrected chi connectivity index (χ2v) is 7.23. The molecule has 0 radical (unpaired) electrons. The van der Waals surface area contributed by atoms with Crippen LogP contribution in [0.2, 0.25) is 0 Å². The normalized spacial score (nSPS) is 10.9. The fourth-order valence-electron chi connectivity index (χ4n) is 3.14. The van der Waals surface area contributed by atoms with Gasteiger partial charge in [-0.25, -0.2) is 14.5 Å². The Morgan fingerprint density at radius 1 is 1.10 bits per heavy atom. The van der Waals surface area contributed by atoms with E-state index in [4.69, 9.17) is 9.47 Å². The van der Waals surface area contributed by atoms with E-state index in [0.717, 1.165) is 15.3 Å². The minimum absolute atomic E-state index is 0.0632. The first-order valence-electron chi connectivity index (χ1n) is 8.91. The first-order chi connectivity index (χ1) is 14.5. The van der Waals surface area contributed by atoms with Crippen LogP contribution in [0.25, 0.3) is 21.3 Å². The molecule has 2 aromatic carbocycles. The third-order valence-corrected chi connectivity index (χ3v) is 5.50. The number of benzene rings is 2. The van der Waals surface area contributed by atoms with Crippen LogP contribution in [-0.2, 0) is 6.54 Å². The molecular formula is C21H17N3O5S. The summed E-state index contributed by atoms with van der Waals surface area (Å²) < 4.78 is 11.7. The maximum Gasteiger partial charge on any atom is 0.357 e. The quantitative estimate of drug-likeness (QED) is 0.507. The Morgan fingerprint density at radius 3 is 2.53 bits per heavy atom. The van der Waals surface area contributed by atoms with Crippen molar-refractivity contribution in [3.63, 3.8) is 0 Å². The van der Waals surface area contributed by atoms with E-state index in [1.54, 1.807) is 44.6 Å². The van der Waals surface area contributed by atoms with E-state index >= 15 is 0 Å². The molecule has 1 N–H and O–H groups in total. The largest absolute Gasteiger partial charge is 0.493 e. The number of fused-ring (bicyclic) bond motifs is 1. The molecule has 0 atom stereocenters. The molecule has 0 fully saturated rings. The number of carboxylic acids is 1. The van der Waals surface area contributed by atoms with E-state index in [-0.39, 0.29) is 17.8 Å². The molecule has 0 aliphatic heterocycles. The van der Waals surface area contributed by atoms with Crippen molar-refractivity contribution in [2.24, 2.45) is 0 Å². The molecule has 0 amide bonds. The average Bonchev–Trinajstić information content (AvgIpc) is 3.23. The van der Waals surface area contributed by atoms with Gasteiger partial charge in [0.2, 0.25) is 0 Å². The summed E-state index contributed by atoms with van der Waals surface area (Å²) in [5, 5.41) is 16.7. The molecule has 4 rings (SSSR count). The van der Waals surface area contributed by atoms with Gasteiger partial charge >= 0.3 is 5.97 Å². The van der Waals surface area contributed by atoms with Gasteiger partial charge in [0, 0.05) is 16.3 Å². The lowest BCUT2D eigenvalue weighted by Crippen LogP contribution is -2.26. The molecule has 8 nitrogen and oxygen atoms in total. The molecular weight excluding hydrogens is 406 g/mol. The second kappa shape index (κ2) is 7.96. The lowest BCUT2D eigenvalue weighted by molar-refractivity contribution is 0.0690. The summed E-state index contributed by atoms with van der Waals surface area (Å²) in [6, 6.07) is 12.0. The molecule has 30 heavy (non-hydrogen) atoms. The van der Waals surface area contributed by atoms with Gasteiger partial charge in [-0.05, 0) is 24.3 Å². The van der Waals surface area contributed by atoms with E-state index in [1.165, 1.54) is 11.3 Å². The zero-order valence-electron chi connectivity index (χ0n) is 16.2. The highest BCUT2D eigenvalue weighted by atomic mass is 32.1. The summed E-state index contributed by atoms with van der Waals surface area (Å²) in [4.78, 5) is 29.0. The number of methoxy groups -OCH3 is 2. The number of hydrogen-bond donors (Lipinski definition) is 1. The van der Waals surface area contributed by atoms with Crippen molar-refractivity contribution in [3.8, 4) is 22.1 Å². The van der Waals surface area contributed by atoms with Crippen LogP contribution in [0.3, 0.4) is 0 Å². The Labute approximate surface area is 175 Å². The molecule has 2 heterocycles. The summed E-state index contributed by atoms with van der Waals surface area (Å²) in [7, 11) is 3.13. The number of carbonyl (C=O) groups is 1. The summed E-state index contributed by atoms with van der Waals surface area (Å²) in [5.74, 6) is 0.0145. The predicted octanol–water partition coefficient (Wildman–Crippen LogP) is 3.28. The molecule has 0 unspecified atom stereocenters. The van der Waals surface area contributed by atoms with Gasteiger partial charge in [-0.3, -0.25) is 4.79 Å². The Balaban J connectivity index is 1.71. The Bertz CT molecular complexity index is 1310. The maximum absolute atomic E-state index is 12.8. The first kappa shape index (κ1) is 19.6. The fourth-order valence-corrected chi connectivity index (χ4v) is 3.94. The van der Waals surface area contributed by atoms with Crippen molar-refractivity contribution in [1.29, 1.82) is 0 Å². The SMILES string of the molecule is COc1ccc(-c2nc(Cn3nc(C(=O)O)c4ccccc4c3=O)cs2)cc1OC. The van der Waals surface area contributed by atoms with Crippen LogP contribution in [0, 0.1) is 0 Å². The van der Waals surface area contributed by atoms with Gasteiger partial charge in [-0.2, -0.15) is 5.10 Å². The van der Waals surface area contributed by atoms with Crippen LogP contribution in [0.1, 0.15) is 16.2 Å². The van der Waals surface area contributed by atoms with Crippen molar-refractivity contribution >= 4 is 28.1 Å². The Kier molecular flexibility index (Phi) is 5.20. The van der Waals surface area contributed by atoms with Crippen LogP contribution in [0.15, 0.2) is 52.6 Å². The zero-order valence-corrected chi connectivity index (χ0v) is 17.0. The number of aromatic carboxylic acids is 1. The minimum Gasteiger partial charge on any atom is -0.493 e. The van der Waals surface area contributed by atoms with Gasteiger partial charge in [0.05, 0.1) is 31.8 Å². The minimum atomic E-state index is -1.19. The van der Waals surface area contributed by atoms with Crippen molar-refractivity contribution in [3.05, 3.63) is 69.6 Å². The number of hydrogen-bond acceptors (Lipinski definition) is 7. The van der Waals surface area contributed by atoms with Crippen LogP contribution in [-0.4, -0.2) is 40.1 Å². The van der Waals surface area contributed by atoms with E-state index in [0.29, 0.717) is 28.0 Å². The molecule has 4 aromatic rings. The zero-order chi connectivity index (χ0) is 21.3. The molecule has 0 saturated carbocycles. The molecule has 152 valence electrons. The van der Waals surface area contributed by atoms with Crippen LogP contribution >= 0.6 is 11.3 Å². The molecule has 0 saturated heterocycles. The van der Waals surface area contributed by atoms with Gasteiger partial charge in [-0.1, -0.05) is 18.2 Å². The topological polar surface area (TPSA) is 104 Å². The fraction of sp³-hybridized carbons (Fsp3) is 0.143. The third kappa shape index (κ3) is 3.50. The smallest absolute Gasteiger partial charge is 0.357 e. The van der Waals surface area contributed by atoms with E-state index < -0.39 is 5.97 Å². The maximum atomic E-state index is 12.8. The summed E-state index contributed by atoms with van der Waals surface area (Å²) in [6.07, 6.45) is 0. The Morgan fingerprint density at radius 2 is 1.83 bits per heavy atom. The average molecular weight is 423 g/mol. The lowest BCUT2D eigenvalue weighted by Gasteiger charge is -2.08. The number of aromatic nitrogens is 3. The van der Waals surface area contributed by atoms with Gasteiger partial charge in [0.1, 0.15) is 5.01 Å². The van der Waals surface area contributed by atoms with Crippen LogP contribution in [0.5, 0.6) is 11.5 Å². The van der Waals surface area contributed by atoms with Crippen LogP contribution in [0.4, 0.5) is 0 Å². The molecule has 9 heteroatoms. The first-order valence-corrected chi connectivity index (χ1v) is 9.79. The van der Waals surface area contributed by atoms with Crippen LogP contribution < -0.4 is 15.0 Å². The molecule has 0 aliphatic rings. The number of ether oxygens (including phenoxy) is 2. The van der Waals surface area contributed by atoms with Gasteiger partial charge < -0.3 is 14.6 Å². The van der Waals surface area contributed by atoms with Crippen molar-refractivity contribution in [1.82, 2.24) is 14.8 Å².